The molecule has 1 aromatic heterocycles. The molecule has 0 aliphatic carbocycles. The number of carbonyl (C=O) groups excluding carboxylic acids is 1. The Balaban J connectivity index is 1.74. The minimum atomic E-state index is -0.610. The molecule has 160 valence electrons. The van der Waals surface area contributed by atoms with E-state index in [0.717, 1.165) is 0 Å². The van der Waals surface area contributed by atoms with E-state index in [-0.39, 0.29) is 35.4 Å². The van der Waals surface area contributed by atoms with Crippen LogP contribution in [0.2, 0.25) is 0 Å². The van der Waals surface area contributed by atoms with Crippen molar-refractivity contribution >= 4 is 17.4 Å². The molecule has 1 amide bonds. The number of benzene rings is 1. The maximum atomic E-state index is 13.0. The van der Waals surface area contributed by atoms with Crippen LogP contribution in [0.1, 0.15) is 16.8 Å². The lowest BCUT2D eigenvalue weighted by Gasteiger charge is -2.18. The molecule has 0 bridgehead atoms. The van der Waals surface area contributed by atoms with E-state index in [4.69, 9.17) is 14.2 Å². The first-order chi connectivity index (χ1) is 14.3. The van der Waals surface area contributed by atoms with Gasteiger partial charge in [-0.3, -0.25) is 14.9 Å². The van der Waals surface area contributed by atoms with Gasteiger partial charge in [0.2, 0.25) is 5.88 Å². The summed E-state index contributed by atoms with van der Waals surface area (Å²) in [4.78, 5) is 27.2. The Labute approximate surface area is 173 Å². The van der Waals surface area contributed by atoms with Crippen LogP contribution in [0.4, 0.5) is 11.5 Å². The average Bonchev–Trinajstić information content (AvgIpc) is 3.20. The van der Waals surface area contributed by atoms with Gasteiger partial charge >= 0.3 is 0 Å². The summed E-state index contributed by atoms with van der Waals surface area (Å²) in [7, 11) is 6.50. The first-order valence-corrected chi connectivity index (χ1v) is 9.21. The van der Waals surface area contributed by atoms with Crippen molar-refractivity contribution in [3.05, 3.63) is 39.9 Å². The summed E-state index contributed by atoms with van der Waals surface area (Å²) < 4.78 is 16.1. The van der Waals surface area contributed by atoms with Crippen molar-refractivity contribution in [2.24, 2.45) is 0 Å². The van der Waals surface area contributed by atoms with Crippen molar-refractivity contribution in [1.82, 2.24) is 15.1 Å². The first-order valence-electron chi connectivity index (χ1n) is 9.21. The van der Waals surface area contributed by atoms with Gasteiger partial charge in [0.25, 0.3) is 11.6 Å². The molecule has 30 heavy (non-hydrogen) atoms. The molecule has 11 nitrogen and oxygen atoms in total. The topological polar surface area (TPSA) is 120 Å². The molecule has 2 heterocycles. The molecule has 2 aromatic rings. The van der Waals surface area contributed by atoms with E-state index in [0.29, 0.717) is 24.7 Å². The van der Waals surface area contributed by atoms with Gasteiger partial charge in [-0.1, -0.05) is 0 Å². The first kappa shape index (κ1) is 21.1. The molecule has 1 saturated heterocycles. The lowest BCUT2D eigenvalue weighted by molar-refractivity contribution is -0.385. The number of carbonyl (C=O) groups is 1. The molecule has 1 aromatic carbocycles. The van der Waals surface area contributed by atoms with E-state index < -0.39 is 10.8 Å². The third-order valence-corrected chi connectivity index (χ3v) is 4.73. The fraction of sp³-hybridized carbons (Fsp3) is 0.421. The van der Waals surface area contributed by atoms with Crippen LogP contribution < -0.4 is 19.1 Å². The Kier molecular flexibility index (Phi) is 6.19. The van der Waals surface area contributed by atoms with Gasteiger partial charge in [-0.15, -0.1) is 10.2 Å². The molecule has 0 radical (unpaired) electrons. The lowest BCUT2D eigenvalue weighted by atomic mass is 10.1. The predicted octanol–water partition coefficient (Wildman–Crippen LogP) is 1.76. The van der Waals surface area contributed by atoms with Crippen LogP contribution in [-0.4, -0.2) is 73.4 Å². The summed E-state index contributed by atoms with van der Waals surface area (Å²) in [5.41, 5.74) is -0.402. The average molecular weight is 417 g/mol. The maximum absolute atomic E-state index is 13.0. The number of anilines is 1. The second-order valence-electron chi connectivity index (χ2n) is 6.89. The normalized spacial score (nSPS) is 15.6. The third kappa shape index (κ3) is 4.34. The number of nitro groups is 1. The number of nitro benzene ring substituents is 1. The van der Waals surface area contributed by atoms with Gasteiger partial charge in [0.1, 0.15) is 11.7 Å². The number of likely N-dealkylation sites (tertiary alicyclic amines) is 1. The highest BCUT2D eigenvalue weighted by molar-refractivity contribution is 5.99. The number of methoxy groups -OCH3 is 2. The van der Waals surface area contributed by atoms with E-state index in [1.807, 2.05) is 19.0 Å². The standard InChI is InChI=1S/C19H23N5O6/c1-22(2)17-5-6-18(21-20-17)30-12-7-8-23(11-12)19(25)13-9-15(28-3)16(29-4)10-14(13)24(26)27/h5-6,9-10,12H,7-8,11H2,1-4H3. The largest absolute Gasteiger partial charge is 0.493 e. The van der Waals surface area contributed by atoms with Crippen LogP contribution in [-0.2, 0) is 0 Å². The highest BCUT2D eigenvalue weighted by Crippen LogP contribution is 2.35. The van der Waals surface area contributed by atoms with Gasteiger partial charge < -0.3 is 24.0 Å². The van der Waals surface area contributed by atoms with Crippen LogP contribution in [0.3, 0.4) is 0 Å². The Morgan fingerprint density at radius 2 is 1.90 bits per heavy atom. The van der Waals surface area contributed by atoms with Crippen molar-refractivity contribution in [2.45, 2.75) is 12.5 Å². The molecule has 1 unspecified atom stereocenters. The van der Waals surface area contributed by atoms with Crippen LogP contribution in [0, 0.1) is 10.1 Å². The smallest absolute Gasteiger partial charge is 0.286 e. The third-order valence-electron chi connectivity index (χ3n) is 4.73. The summed E-state index contributed by atoms with van der Waals surface area (Å²) in [6, 6.07) is 6.02. The Morgan fingerprint density at radius 3 is 2.47 bits per heavy atom. The van der Waals surface area contributed by atoms with Crippen molar-refractivity contribution in [3.63, 3.8) is 0 Å². The van der Waals surface area contributed by atoms with Gasteiger partial charge in [0, 0.05) is 39.2 Å². The second-order valence-corrected chi connectivity index (χ2v) is 6.89. The fourth-order valence-corrected chi connectivity index (χ4v) is 3.15. The zero-order chi connectivity index (χ0) is 21.8. The summed E-state index contributed by atoms with van der Waals surface area (Å²) in [5.74, 6) is 1.02. The van der Waals surface area contributed by atoms with E-state index in [1.165, 1.54) is 31.3 Å². The monoisotopic (exact) mass is 417 g/mol. The number of hydrogen-bond donors (Lipinski definition) is 0. The van der Waals surface area contributed by atoms with Gasteiger partial charge in [-0.2, -0.15) is 0 Å². The summed E-state index contributed by atoms with van der Waals surface area (Å²) in [6.07, 6.45) is 0.289. The zero-order valence-electron chi connectivity index (χ0n) is 17.2. The number of amides is 1. The molecule has 3 rings (SSSR count). The van der Waals surface area contributed by atoms with Gasteiger partial charge in [0.05, 0.1) is 31.8 Å². The van der Waals surface area contributed by atoms with Crippen molar-refractivity contribution < 1.29 is 23.9 Å². The quantitative estimate of drug-likeness (QED) is 0.490. The molecule has 1 aliphatic rings. The highest BCUT2D eigenvalue weighted by atomic mass is 16.6. The Morgan fingerprint density at radius 1 is 1.20 bits per heavy atom. The van der Waals surface area contributed by atoms with E-state index in [1.54, 1.807) is 12.1 Å². The van der Waals surface area contributed by atoms with Crippen LogP contribution in [0.15, 0.2) is 24.3 Å². The van der Waals surface area contributed by atoms with E-state index in [9.17, 15) is 14.9 Å². The van der Waals surface area contributed by atoms with Gasteiger partial charge in [-0.25, -0.2) is 0 Å². The molecule has 1 aliphatic heterocycles. The summed E-state index contributed by atoms with van der Waals surface area (Å²) in [6.45, 7) is 0.680. The zero-order valence-corrected chi connectivity index (χ0v) is 17.2. The lowest BCUT2D eigenvalue weighted by Crippen LogP contribution is -2.31. The molecule has 0 N–H and O–H groups in total. The number of hydrogen-bond acceptors (Lipinski definition) is 9. The van der Waals surface area contributed by atoms with Crippen LogP contribution in [0.5, 0.6) is 17.4 Å². The van der Waals surface area contributed by atoms with Gasteiger partial charge in [0.15, 0.2) is 17.3 Å². The van der Waals surface area contributed by atoms with Crippen molar-refractivity contribution in [1.29, 1.82) is 0 Å². The number of nitrogens with zero attached hydrogens (tertiary/aromatic N) is 5. The van der Waals surface area contributed by atoms with Gasteiger partial charge in [-0.05, 0) is 6.07 Å². The molecule has 11 heteroatoms. The molecule has 1 fully saturated rings. The van der Waals surface area contributed by atoms with E-state index >= 15 is 0 Å². The summed E-state index contributed by atoms with van der Waals surface area (Å²) >= 11 is 0. The van der Waals surface area contributed by atoms with Crippen molar-refractivity contribution in [3.8, 4) is 17.4 Å². The highest BCUT2D eigenvalue weighted by Gasteiger charge is 2.33. The van der Waals surface area contributed by atoms with Crippen LogP contribution >= 0.6 is 0 Å². The minimum absolute atomic E-state index is 0.0616. The number of ether oxygens (including phenoxy) is 3. The van der Waals surface area contributed by atoms with Crippen molar-refractivity contribution in [2.75, 3.05) is 46.3 Å². The minimum Gasteiger partial charge on any atom is -0.493 e. The molecular formula is C19H23N5O6. The number of rotatable bonds is 7. The molecule has 1 atom stereocenters. The second kappa shape index (κ2) is 8.80. The summed E-state index contributed by atoms with van der Waals surface area (Å²) in [5, 5.41) is 19.6. The maximum Gasteiger partial charge on any atom is 0.286 e. The fourth-order valence-electron chi connectivity index (χ4n) is 3.15. The molecule has 0 saturated carbocycles. The molecule has 0 spiro atoms. The van der Waals surface area contributed by atoms with E-state index in [2.05, 4.69) is 10.2 Å². The SMILES string of the molecule is COc1cc(C(=O)N2CCC(Oc3ccc(N(C)C)nn3)C2)c([N+](=O)[O-])cc1OC. The number of aromatic nitrogens is 2. The predicted molar refractivity (Wildman–Crippen MR) is 107 cm³/mol. The molecular weight excluding hydrogens is 394 g/mol. The Hall–Kier alpha value is -3.63. The Bertz CT molecular complexity index is 934. The van der Waals surface area contributed by atoms with Crippen LogP contribution in [0.25, 0.3) is 0 Å².